The molecule has 1 amide bonds. The van der Waals surface area contributed by atoms with Crippen LogP contribution in [0.2, 0.25) is 0 Å². The van der Waals surface area contributed by atoms with Crippen LogP contribution >= 0.6 is 0 Å². The summed E-state index contributed by atoms with van der Waals surface area (Å²) in [6.07, 6.45) is 3.28. The molecule has 7 heteroatoms. The molecule has 2 heterocycles. The van der Waals surface area contributed by atoms with Gasteiger partial charge < -0.3 is 19.3 Å². The minimum absolute atomic E-state index is 0.270. The van der Waals surface area contributed by atoms with Crippen LogP contribution in [0.5, 0.6) is 11.5 Å². The summed E-state index contributed by atoms with van der Waals surface area (Å²) in [6, 6.07) is 8.99. The molecule has 0 fully saturated rings. The van der Waals surface area contributed by atoms with Crippen molar-refractivity contribution in [1.29, 1.82) is 0 Å². The Morgan fingerprint density at radius 3 is 2.62 bits per heavy atom. The van der Waals surface area contributed by atoms with Crippen LogP contribution < -0.4 is 14.8 Å². The highest BCUT2D eigenvalue weighted by Crippen LogP contribution is 2.26. The van der Waals surface area contributed by atoms with Crippen molar-refractivity contribution in [3.05, 3.63) is 59.6 Å². The van der Waals surface area contributed by atoms with Gasteiger partial charge in [-0.25, -0.2) is 0 Å². The topological polar surface area (TPSA) is 86.5 Å². The Morgan fingerprint density at radius 2 is 1.92 bits per heavy atom. The molecule has 1 N–H and O–H groups in total. The summed E-state index contributed by atoms with van der Waals surface area (Å²) in [5.41, 5.74) is 2.50. The molecule has 0 radical (unpaired) electrons. The third-order valence-corrected chi connectivity index (χ3v) is 3.98. The van der Waals surface area contributed by atoms with Gasteiger partial charge in [-0.05, 0) is 31.2 Å². The Labute approximate surface area is 150 Å². The van der Waals surface area contributed by atoms with Gasteiger partial charge in [-0.15, -0.1) is 0 Å². The van der Waals surface area contributed by atoms with Crippen molar-refractivity contribution in [2.24, 2.45) is 0 Å². The summed E-state index contributed by atoms with van der Waals surface area (Å²) in [7, 11) is 3.16. The molecule has 0 saturated carbocycles. The predicted molar refractivity (Wildman–Crippen MR) is 95.2 cm³/mol. The zero-order valence-electron chi connectivity index (χ0n) is 14.8. The number of ether oxygens (including phenoxy) is 2. The van der Waals surface area contributed by atoms with Crippen LogP contribution in [0.25, 0.3) is 11.3 Å². The minimum atomic E-state index is -0.270. The third kappa shape index (κ3) is 3.51. The number of carbonyl (C=O) groups excluding carboxylic acids is 1. The van der Waals surface area contributed by atoms with Crippen molar-refractivity contribution in [3.63, 3.8) is 0 Å². The van der Waals surface area contributed by atoms with E-state index < -0.39 is 0 Å². The second kappa shape index (κ2) is 7.69. The van der Waals surface area contributed by atoms with Gasteiger partial charge in [0.1, 0.15) is 28.5 Å². The summed E-state index contributed by atoms with van der Waals surface area (Å²) in [5, 5.41) is 6.90. The Hall–Kier alpha value is -3.35. The molecule has 0 unspecified atom stereocenters. The Kier molecular flexibility index (Phi) is 5.17. The molecule has 2 aromatic heterocycles. The van der Waals surface area contributed by atoms with Gasteiger partial charge in [0, 0.05) is 36.1 Å². The number of pyridine rings is 1. The predicted octanol–water partition coefficient (Wildman–Crippen LogP) is 2.99. The van der Waals surface area contributed by atoms with Gasteiger partial charge in [0.15, 0.2) is 0 Å². The van der Waals surface area contributed by atoms with E-state index in [4.69, 9.17) is 14.0 Å². The van der Waals surface area contributed by atoms with Crippen LogP contribution in [0.1, 0.15) is 21.7 Å². The summed E-state index contributed by atoms with van der Waals surface area (Å²) >= 11 is 0. The first-order chi connectivity index (χ1) is 12.6. The second-order valence-corrected chi connectivity index (χ2v) is 5.56. The lowest BCUT2D eigenvalue weighted by atomic mass is 10.1. The molecule has 0 bridgehead atoms. The van der Waals surface area contributed by atoms with Gasteiger partial charge in [0.25, 0.3) is 5.91 Å². The number of methoxy groups -OCH3 is 2. The van der Waals surface area contributed by atoms with Gasteiger partial charge in [-0.1, -0.05) is 5.16 Å². The smallest absolute Gasteiger partial charge is 0.257 e. The fourth-order valence-corrected chi connectivity index (χ4v) is 2.61. The van der Waals surface area contributed by atoms with E-state index in [1.807, 2.05) is 12.1 Å². The molecule has 0 aliphatic heterocycles. The summed E-state index contributed by atoms with van der Waals surface area (Å²) < 4.78 is 15.8. The molecule has 0 aliphatic rings. The molecule has 26 heavy (non-hydrogen) atoms. The first kappa shape index (κ1) is 17.5. The number of aromatic nitrogens is 2. The highest BCUT2D eigenvalue weighted by molar-refractivity contribution is 6.00. The third-order valence-electron chi connectivity index (χ3n) is 3.98. The maximum atomic E-state index is 12.7. The lowest BCUT2D eigenvalue weighted by molar-refractivity contribution is 0.0949. The molecule has 134 valence electrons. The van der Waals surface area contributed by atoms with Crippen molar-refractivity contribution in [1.82, 2.24) is 15.5 Å². The number of hydrogen-bond donors (Lipinski definition) is 1. The fraction of sp³-hybridized carbons (Fsp3) is 0.211. The molecule has 0 aliphatic carbocycles. The summed E-state index contributed by atoms with van der Waals surface area (Å²) in [4.78, 5) is 16.7. The van der Waals surface area contributed by atoms with E-state index in [9.17, 15) is 4.79 Å². The van der Waals surface area contributed by atoms with Crippen LogP contribution in [-0.4, -0.2) is 30.3 Å². The van der Waals surface area contributed by atoms with Crippen LogP contribution in [0, 0.1) is 6.92 Å². The summed E-state index contributed by atoms with van der Waals surface area (Å²) in [5.74, 6) is 1.51. The minimum Gasteiger partial charge on any atom is -0.497 e. The highest BCUT2D eigenvalue weighted by Gasteiger charge is 2.21. The van der Waals surface area contributed by atoms with E-state index >= 15 is 0 Å². The SMILES string of the molecule is COc1ccc(CNC(=O)c2c(-c3ccncc3)noc2C)c(OC)c1. The average Bonchev–Trinajstić information content (AvgIpc) is 3.08. The molecular weight excluding hydrogens is 334 g/mol. The number of aryl methyl sites for hydroxylation is 1. The van der Waals surface area contributed by atoms with E-state index in [0.29, 0.717) is 35.1 Å². The zero-order valence-corrected chi connectivity index (χ0v) is 14.8. The normalized spacial score (nSPS) is 10.4. The molecule has 7 nitrogen and oxygen atoms in total. The maximum absolute atomic E-state index is 12.7. The van der Waals surface area contributed by atoms with Crippen molar-refractivity contribution < 1.29 is 18.8 Å². The van der Waals surface area contributed by atoms with Crippen LogP contribution in [0.3, 0.4) is 0 Å². The number of amides is 1. The molecule has 0 atom stereocenters. The molecule has 0 saturated heterocycles. The van der Waals surface area contributed by atoms with E-state index in [2.05, 4.69) is 15.5 Å². The Bertz CT molecular complexity index is 906. The van der Waals surface area contributed by atoms with Crippen LogP contribution in [0.15, 0.2) is 47.2 Å². The van der Waals surface area contributed by atoms with E-state index in [1.54, 1.807) is 51.7 Å². The van der Waals surface area contributed by atoms with Crippen LogP contribution in [0.4, 0.5) is 0 Å². The number of carbonyl (C=O) groups is 1. The fourth-order valence-electron chi connectivity index (χ4n) is 2.61. The maximum Gasteiger partial charge on any atom is 0.257 e. The molecular formula is C19H19N3O4. The van der Waals surface area contributed by atoms with Gasteiger partial charge in [0.2, 0.25) is 0 Å². The van der Waals surface area contributed by atoms with Gasteiger partial charge in [0.05, 0.1) is 14.2 Å². The van der Waals surface area contributed by atoms with Crippen LogP contribution in [-0.2, 0) is 6.54 Å². The van der Waals surface area contributed by atoms with Gasteiger partial charge in [-0.3, -0.25) is 9.78 Å². The van der Waals surface area contributed by atoms with Gasteiger partial charge >= 0.3 is 0 Å². The second-order valence-electron chi connectivity index (χ2n) is 5.56. The summed E-state index contributed by atoms with van der Waals surface area (Å²) in [6.45, 7) is 2.01. The first-order valence-corrected chi connectivity index (χ1v) is 7.99. The number of rotatable bonds is 6. The Balaban J connectivity index is 1.81. The highest BCUT2D eigenvalue weighted by atomic mass is 16.5. The number of nitrogens with zero attached hydrogens (tertiary/aromatic N) is 2. The van der Waals surface area contributed by atoms with Crippen molar-refractivity contribution in [2.45, 2.75) is 13.5 Å². The zero-order chi connectivity index (χ0) is 18.5. The quantitative estimate of drug-likeness (QED) is 0.733. The lowest BCUT2D eigenvalue weighted by Gasteiger charge is -2.11. The Morgan fingerprint density at radius 1 is 1.15 bits per heavy atom. The number of benzene rings is 1. The van der Waals surface area contributed by atoms with E-state index in [0.717, 1.165) is 11.1 Å². The van der Waals surface area contributed by atoms with E-state index in [-0.39, 0.29) is 5.91 Å². The number of hydrogen-bond acceptors (Lipinski definition) is 6. The van der Waals surface area contributed by atoms with Gasteiger partial charge in [-0.2, -0.15) is 0 Å². The molecule has 3 rings (SSSR count). The monoisotopic (exact) mass is 353 g/mol. The standard InChI is InChI=1S/C19H19N3O4/c1-12-17(18(22-26-12)13-6-8-20-9-7-13)19(23)21-11-14-4-5-15(24-2)10-16(14)25-3/h4-10H,11H2,1-3H3,(H,21,23). The first-order valence-electron chi connectivity index (χ1n) is 7.99. The van der Waals surface area contributed by atoms with Crippen molar-refractivity contribution in [3.8, 4) is 22.8 Å². The molecule has 3 aromatic rings. The van der Waals surface area contributed by atoms with Crippen molar-refractivity contribution >= 4 is 5.91 Å². The molecule has 1 aromatic carbocycles. The number of nitrogens with one attached hydrogen (secondary N) is 1. The van der Waals surface area contributed by atoms with E-state index in [1.165, 1.54) is 0 Å². The lowest BCUT2D eigenvalue weighted by Crippen LogP contribution is -2.24. The average molecular weight is 353 g/mol. The molecule has 0 spiro atoms. The van der Waals surface area contributed by atoms with Crippen molar-refractivity contribution in [2.75, 3.05) is 14.2 Å². The largest absolute Gasteiger partial charge is 0.497 e.